The Kier molecular flexibility index (Phi) is 39.1. The molecular formula is C75H104Cl3N7O10. The van der Waals surface area contributed by atoms with Gasteiger partial charge >= 0.3 is 0 Å². The first kappa shape index (κ1) is 81.0. The minimum Gasteiger partial charge on any atom is -0.493 e. The second-order valence-corrected chi connectivity index (χ2v) is 24.8. The number of piperazine rings is 3. The molecular weight excluding hydrogens is 1270 g/mol. The number of benzene rings is 6. The minimum atomic E-state index is -0.581. The van der Waals surface area contributed by atoms with E-state index in [0.29, 0.717) is 62.8 Å². The first-order chi connectivity index (χ1) is 45.7. The number of nitrogen functional groups attached to an aromatic ring is 1. The molecule has 0 radical (unpaired) electrons. The van der Waals surface area contributed by atoms with Gasteiger partial charge in [-0.1, -0.05) is 97.1 Å². The van der Waals surface area contributed by atoms with Crippen LogP contribution in [0.4, 0.5) is 5.69 Å². The molecule has 0 saturated carbocycles. The van der Waals surface area contributed by atoms with Crippen LogP contribution >= 0.6 is 34.8 Å². The van der Waals surface area contributed by atoms with Crippen molar-refractivity contribution in [2.45, 2.75) is 86.9 Å². The number of aryl methyl sites for hydroxylation is 8. The number of β-amino-alcohol motifs (C(OH)–C–C–N with tert-alkyl or cyclic N) is 1. The number of para-hydroxylation sites is 5. The summed E-state index contributed by atoms with van der Waals surface area (Å²) in [6.45, 7) is 31.5. The summed E-state index contributed by atoms with van der Waals surface area (Å²) in [4.78, 5) is 52.0. The van der Waals surface area contributed by atoms with Crippen molar-refractivity contribution in [1.29, 1.82) is 0 Å². The summed E-state index contributed by atoms with van der Waals surface area (Å²) in [7, 11) is 3.24. The molecule has 4 aliphatic rings. The van der Waals surface area contributed by atoms with Crippen LogP contribution in [0.3, 0.4) is 0 Å². The number of halogens is 3. The maximum absolute atomic E-state index is 12.6. The molecule has 17 nitrogen and oxygen atoms in total. The van der Waals surface area contributed by atoms with E-state index in [2.05, 4.69) is 88.7 Å². The zero-order valence-corrected chi connectivity index (χ0v) is 59.9. The number of anilines is 1. The van der Waals surface area contributed by atoms with Crippen LogP contribution in [0.2, 0.25) is 0 Å². The van der Waals surface area contributed by atoms with E-state index in [0.717, 1.165) is 125 Å². The molecule has 6 aromatic rings. The normalized spacial score (nSPS) is 15.3. The van der Waals surface area contributed by atoms with E-state index in [4.69, 9.17) is 64.2 Å². The Hall–Kier alpha value is -6.45. The summed E-state index contributed by atoms with van der Waals surface area (Å²) in [5.41, 5.74) is 19.5. The summed E-state index contributed by atoms with van der Waals surface area (Å²) < 4.78 is 26.7. The van der Waals surface area contributed by atoms with Gasteiger partial charge in [0.15, 0.2) is 40.3 Å². The van der Waals surface area contributed by atoms with Gasteiger partial charge in [-0.2, -0.15) is 0 Å². The maximum Gasteiger partial charge on any atom is 0.236 e. The van der Waals surface area contributed by atoms with Crippen molar-refractivity contribution in [2.24, 2.45) is 0 Å². The quantitative estimate of drug-likeness (QED) is 0.0185. The van der Waals surface area contributed by atoms with E-state index in [9.17, 15) is 24.3 Å². The Morgan fingerprint density at radius 1 is 0.495 bits per heavy atom. The van der Waals surface area contributed by atoms with Crippen molar-refractivity contribution >= 4 is 63.1 Å². The van der Waals surface area contributed by atoms with Crippen molar-refractivity contribution in [2.75, 3.05) is 150 Å². The molecule has 520 valence electrons. The first-order valence-corrected chi connectivity index (χ1v) is 34.0. The lowest BCUT2D eigenvalue weighted by Crippen LogP contribution is -2.50. The third-order valence-corrected chi connectivity index (χ3v) is 17.0. The number of alkyl halides is 2. The Balaban J connectivity index is 0.000000256. The number of methoxy groups -OCH3 is 2. The van der Waals surface area contributed by atoms with Crippen LogP contribution < -0.4 is 40.6 Å². The summed E-state index contributed by atoms with van der Waals surface area (Å²) >= 11 is 15.0. The Morgan fingerprint density at radius 3 is 1.18 bits per heavy atom. The monoisotopic (exact) mass is 1370 g/mol. The SMILES string of the molecule is C1CNCCN1.COc1ccccc1OCC(O)CN1CCN(CC(=O)Cc2c(C)cccc2C)CC1.COc1ccccc1OCC1CO1.Cc1cccc(C)c1CC(=O)CCl.Cc1cccc(C)c1CC(=O)CN1CCNCC1.Cc1cccc(C)c1N.O=C(Cl)CCl. The van der Waals surface area contributed by atoms with Gasteiger partial charge in [0, 0.05) is 110 Å². The molecule has 2 unspecified atom stereocenters. The molecule has 4 fully saturated rings. The van der Waals surface area contributed by atoms with Gasteiger partial charge in [-0.3, -0.25) is 33.9 Å². The van der Waals surface area contributed by atoms with Crippen LogP contribution in [0.15, 0.2) is 121 Å². The maximum atomic E-state index is 12.6. The molecule has 6 aromatic carbocycles. The van der Waals surface area contributed by atoms with Crippen molar-refractivity contribution in [3.05, 3.63) is 183 Å². The van der Waals surface area contributed by atoms with Crippen LogP contribution in [-0.2, 0) is 43.2 Å². The van der Waals surface area contributed by atoms with Gasteiger partial charge in [0.05, 0.1) is 45.7 Å². The second kappa shape index (κ2) is 45.9. The number of aliphatic hydroxyl groups excluding tert-OH is 1. The number of nitrogens with one attached hydrogen (secondary N) is 3. The van der Waals surface area contributed by atoms with Gasteiger partial charge in [0.25, 0.3) is 0 Å². The fourth-order valence-corrected chi connectivity index (χ4v) is 10.5. The molecule has 6 N–H and O–H groups in total. The molecule has 4 saturated heterocycles. The van der Waals surface area contributed by atoms with Gasteiger partial charge in [-0.25, -0.2) is 0 Å². The smallest absolute Gasteiger partial charge is 0.236 e. The van der Waals surface area contributed by atoms with E-state index in [1.165, 1.54) is 38.9 Å². The molecule has 0 spiro atoms. The highest BCUT2D eigenvalue weighted by Crippen LogP contribution is 2.28. The average molecular weight is 1370 g/mol. The Morgan fingerprint density at radius 2 is 0.832 bits per heavy atom. The van der Waals surface area contributed by atoms with Crippen molar-refractivity contribution in [3.8, 4) is 23.0 Å². The topological polar surface area (TPSA) is 210 Å². The number of hydrogen-bond donors (Lipinski definition) is 5. The lowest BCUT2D eigenvalue weighted by atomic mass is 9.98. The summed E-state index contributed by atoms with van der Waals surface area (Å²) in [5.74, 6) is 3.52. The molecule has 20 heteroatoms. The van der Waals surface area contributed by atoms with Gasteiger partial charge in [-0.15, -0.1) is 23.2 Å². The highest BCUT2D eigenvalue weighted by atomic mass is 35.5. The fraction of sp³-hybridized carbons (Fsp3) is 0.467. The molecule has 4 aliphatic heterocycles. The third kappa shape index (κ3) is 32.4. The van der Waals surface area contributed by atoms with E-state index >= 15 is 0 Å². The van der Waals surface area contributed by atoms with E-state index in [-0.39, 0.29) is 36.0 Å². The number of aliphatic hydroxyl groups is 1. The molecule has 10 rings (SSSR count). The number of carbonyl (C=O) groups is 4. The average Bonchev–Trinajstić information content (AvgIpc) is 1.68. The van der Waals surface area contributed by atoms with Crippen LogP contribution in [0.5, 0.6) is 23.0 Å². The largest absolute Gasteiger partial charge is 0.493 e. The van der Waals surface area contributed by atoms with E-state index < -0.39 is 11.3 Å². The first-order valence-electron chi connectivity index (χ1n) is 32.6. The Labute approximate surface area is 580 Å². The van der Waals surface area contributed by atoms with Crippen LogP contribution in [0.1, 0.15) is 61.2 Å². The Bertz CT molecular complexity index is 3150. The molecule has 95 heavy (non-hydrogen) atoms. The zero-order chi connectivity index (χ0) is 69.5. The molecule has 0 amide bonds. The molecule has 0 aliphatic carbocycles. The van der Waals surface area contributed by atoms with Crippen LogP contribution in [0.25, 0.3) is 0 Å². The third-order valence-electron chi connectivity index (χ3n) is 16.1. The number of epoxide rings is 1. The number of nitrogens with two attached hydrogens (primary N) is 1. The van der Waals surface area contributed by atoms with Crippen molar-refractivity contribution < 1.29 is 48.0 Å². The second-order valence-electron chi connectivity index (χ2n) is 23.8. The highest BCUT2D eigenvalue weighted by molar-refractivity contribution is 6.67. The van der Waals surface area contributed by atoms with E-state index in [1.807, 2.05) is 119 Å². The zero-order valence-electron chi connectivity index (χ0n) is 57.6. The molecule has 0 bridgehead atoms. The van der Waals surface area contributed by atoms with Crippen LogP contribution in [0, 0.1) is 55.4 Å². The van der Waals surface area contributed by atoms with Gasteiger partial charge in [0.2, 0.25) is 5.24 Å². The number of nitrogens with zero attached hydrogens (tertiary/aromatic N) is 3. The fourth-order valence-electron chi connectivity index (χ4n) is 10.4. The number of rotatable bonds is 22. The predicted octanol–water partition coefficient (Wildman–Crippen LogP) is 9.98. The number of Topliss-reactive ketones (excluding diaryl/α,β-unsaturated/α-hetero) is 3. The van der Waals surface area contributed by atoms with Gasteiger partial charge in [-0.05, 0) is 152 Å². The molecule has 2 atom stereocenters. The number of ether oxygens (including phenoxy) is 5. The van der Waals surface area contributed by atoms with E-state index in [1.54, 1.807) is 14.2 Å². The summed E-state index contributed by atoms with van der Waals surface area (Å²) in [5, 5.41) is 19.6. The molecule has 4 heterocycles. The lowest BCUT2D eigenvalue weighted by Gasteiger charge is -2.35. The number of ketones is 3. The van der Waals surface area contributed by atoms with Crippen molar-refractivity contribution in [3.63, 3.8) is 0 Å². The lowest BCUT2D eigenvalue weighted by molar-refractivity contribution is -0.120. The predicted molar refractivity (Wildman–Crippen MR) is 387 cm³/mol. The van der Waals surface area contributed by atoms with Gasteiger partial charge < -0.3 is 50.5 Å². The standard InChI is InChI=1S/C25H34N2O4.C15H22N2O.C11H13ClO.C10H12O3.C8H11N.C4H10N2.C2H2Cl2O/c1-19-7-6-8-20(2)23(19)15-21(28)16-26-11-13-27(14-12-26)17-22(29)18-31-25-10-5-4-9-24(25)30-3;1-12-4-3-5-13(2)15(12)10-14(18)11-17-8-6-16-7-9-17;1-8-4-3-5-9(2)11(8)6-10(13)7-12;1-11-9-4-2-3-5-10(9)13-7-8-6-12-8;1-6-4-3-5-7(2)8(6)9;1-2-6-4-3-5-1;3-1-2(4)5/h4-10,22,29H,11-18H2,1-3H3;3-5,16H,6-11H2,1-2H3;3-5H,6-7H2,1-2H3;2-5,8H,6-7H2,1H3;3-5H,9H2,1-2H3;5-6H,1-4H2;1H2. The van der Waals surface area contributed by atoms with Crippen LogP contribution in [-0.4, -0.2) is 199 Å². The minimum absolute atomic E-state index is 0.0825. The summed E-state index contributed by atoms with van der Waals surface area (Å²) in [6.07, 6.45) is 1.23. The highest BCUT2D eigenvalue weighted by Gasteiger charge is 2.24. The van der Waals surface area contributed by atoms with Gasteiger partial charge in [0.1, 0.15) is 25.4 Å². The summed E-state index contributed by atoms with van der Waals surface area (Å²) in [6, 6.07) is 39.5. The van der Waals surface area contributed by atoms with Crippen molar-refractivity contribution in [1.82, 2.24) is 30.7 Å². The molecule has 0 aromatic heterocycles. The number of carbonyl (C=O) groups excluding carboxylic acids is 4. The number of hydrogen-bond acceptors (Lipinski definition) is 17.